The summed E-state index contributed by atoms with van der Waals surface area (Å²) in [6.45, 7) is 0. The van der Waals surface area contributed by atoms with Crippen LogP contribution in [0.1, 0.15) is 5.56 Å². The molecule has 4 heteroatoms. The number of aliphatic imine (C=N–C) groups is 1. The molecule has 1 N–H and O–H groups in total. The van der Waals surface area contributed by atoms with Crippen molar-refractivity contribution in [3.63, 3.8) is 0 Å². The van der Waals surface area contributed by atoms with E-state index in [-0.39, 0.29) is 0 Å². The molecule has 0 aliphatic heterocycles. The molecule has 0 spiro atoms. The zero-order chi connectivity index (χ0) is 20.2. The van der Waals surface area contributed by atoms with E-state index >= 15 is 0 Å². The maximum absolute atomic E-state index is 5.82. The number of rotatable bonds is 5. The van der Waals surface area contributed by atoms with Crippen molar-refractivity contribution < 1.29 is 4.74 Å². The van der Waals surface area contributed by atoms with E-state index in [2.05, 4.69) is 15.0 Å². The Bertz CT molecular complexity index is 1250. The molecule has 0 aliphatic rings. The van der Waals surface area contributed by atoms with Crippen LogP contribution < -0.4 is 4.74 Å². The summed E-state index contributed by atoms with van der Waals surface area (Å²) in [5.41, 5.74) is 4.94. The molecule has 5 aromatic rings. The molecule has 1 heterocycles. The Morgan fingerprint density at radius 2 is 1.40 bits per heavy atom. The molecular formula is C26H19N3O. The summed E-state index contributed by atoms with van der Waals surface area (Å²) in [6, 6.07) is 33.7. The van der Waals surface area contributed by atoms with E-state index in [1.807, 2.05) is 109 Å². The van der Waals surface area contributed by atoms with Crippen molar-refractivity contribution in [1.82, 2.24) is 9.97 Å². The Labute approximate surface area is 174 Å². The van der Waals surface area contributed by atoms with E-state index in [1.54, 1.807) is 0 Å². The number of imidazole rings is 1. The second-order valence-electron chi connectivity index (χ2n) is 6.89. The molecule has 0 unspecified atom stereocenters. The van der Waals surface area contributed by atoms with Crippen LogP contribution in [0.4, 0.5) is 5.69 Å². The highest BCUT2D eigenvalue weighted by Gasteiger charge is 2.04. The minimum atomic E-state index is 0.800. The van der Waals surface area contributed by atoms with E-state index in [9.17, 15) is 0 Å². The fourth-order valence-corrected chi connectivity index (χ4v) is 3.19. The number of hydrogen-bond acceptors (Lipinski definition) is 3. The zero-order valence-electron chi connectivity index (χ0n) is 16.2. The molecular weight excluding hydrogens is 370 g/mol. The quantitative estimate of drug-likeness (QED) is 0.337. The number of aromatic amines is 1. The van der Waals surface area contributed by atoms with Gasteiger partial charge in [0.15, 0.2) is 0 Å². The predicted molar refractivity (Wildman–Crippen MR) is 122 cm³/mol. The summed E-state index contributed by atoms with van der Waals surface area (Å²) in [7, 11) is 0. The molecule has 0 saturated heterocycles. The molecule has 0 atom stereocenters. The molecule has 4 nitrogen and oxygen atoms in total. The van der Waals surface area contributed by atoms with Crippen LogP contribution in [-0.4, -0.2) is 16.2 Å². The first-order valence-corrected chi connectivity index (χ1v) is 9.76. The second-order valence-corrected chi connectivity index (χ2v) is 6.89. The fraction of sp³-hybridized carbons (Fsp3) is 0. The first-order valence-electron chi connectivity index (χ1n) is 9.76. The van der Waals surface area contributed by atoms with Crippen molar-refractivity contribution in [2.75, 3.05) is 0 Å². The maximum atomic E-state index is 5.82. The lowest BCUT2D eigenvalue weighted by molar-refractivity contribution is 0.482. The highest BCUT2D eigenvalue weighted by Crippen LogP contribution is 2.24. The summed E-state index contributed by atoms with van der Waals surface area (Å²) in [4.78, 5) is 12.6. The van der Waals surface area contributed by atoms with E-state index < -0.39 is 0 Å². The third kappa shape index (κ3) is 3.98. The summed E-state index contributed by atoms with van der Waals surface area (Å²) in [5, 5.41) is 0. The van der Waals surface area contributed by atoms with Gasteiger partial charge in [0.1, 0.15) is 17.3 Å². The number of para-hydroxylation sites is 3. The summed E-state index contributed by atoms with van der Waals surface area (Å²) in [5.74, 6) is 2.48. The van der Waals surface area contributed by atoms with Gasteiger partial charge in [-0.3, -0.25) is 4.99 Å². The summed E-state index contributed by atoms with van der Waals surface area (Å²) in [6.07, 6.45) is 1.85. The van der Waals surface area contributed by atoms with Gasteiger partial charge in [0.2, 0.25) is 0 Å². The molecule has 0 aliphatic carbocycles. The van der Waals surface area contributed by atoms with Crippen LogP contribution in [0, 0.1) is 0 Å². The topological polar surface area (TPSA) is 50.3 Å². The third-order valence-corrected chi connectivity index (χ3v) is 4.75. The third-order valence-electron chi connectivity index (χ3n) is 4.75. The molecule has 0 radical (unpaired) electrons. The first kappa shape index (κ1) is 17.9. The summed E-state index contributed by atoms with van der Waals surface area (Å²) >= 11 is 0. The fourth-order valence-electron chi connectivity index (χ4n) is 3.19. The van der Waals surface area contributed by atoms with E-state index in [0.29, 0.717) is 0 Å². The average molecular weight is 389 g/mol. The lowest BCUT2D eigenvalue weighted by Crippen LogP contribution is -1.85. The van der Waals surface area contributed by atoms with Gasteiger partial charge >= 0.3 is 0 Å². The minimum Gasteiger partial charge on any atom is -0.457 e. The normalized spacial score (nSPS) is 11.2. The number of aromatic nitrogens is 2. The van der Waals surface area contributed by atoms with Crippen molar-refractivity contribution in [2.45, 2.75) is 0 Å². The van der Waals surface area contributed by atoms with Gasteiger partial charge in [-0.2, -0.15) is 0 Å². The summed E-state index contributed by atoms with van der Waals surface area (Å²) < 4.78 is 5.82. The number of nitrogens with one attached hydrogen (secondary N) is 1. The van der Waals surface area contributed by atoms with Crippen LogP contribution in [0.2, 0.25) is 0 Å². The Hall–Kier alpha value is -4.18. The zero-order valence-corrected chi connectivity index (χ0v) is 16.2. The molecule has 1 aromatic heterocycles. The largest absolute Gasteiger partial charge is 0.457 e. The van der Waals surface area contributed by atoms with E-state index in [1.165, 1.54) is 0 Å². The SMILES string of the molecule is C(=Nc1ccc(-c2nc3ccccc3[nH]2)cc1)c1ccc(Oc2ccccc2)cc1. The highest BCUT2D eigenvalue weighted by atomic mass is 16.5. The van der Waals surface area contributed by atoms with Crippen molar-refractivity contribution in [1.29, 1.82) is 0 Å². The standard InChI is InChI=1S/C26H19N3O/c1-2-6-22(7-3-1)30-23-16-10-19(11-17-23)18-27-21-14-12-20(13-15-21)26-28-24-8-4-5-9-25(24)29-26/h1-18H,(H,28,29). The van der Waals surface area contributed by atoms with Crippen molar-refractivity contribution >= 4 is 22.9 Å². The first-order chi connectivity index (χ1) is 14.8. The Balaban J connectivity index is 1.27. The van der Waals surface area contributed by atoms with Gasteiger partial charge in [-0.1, -0.05) is 30.3 Å². The molecule has 0 fully saturated rings. The molecule has 144 valence electrons. The lowest BCUT2D eigenvalue weighted by Gasteiger charge is -2.05. The molecule has 0 bridgehead atoms. The van der Waals surface area contributed by atoms with Gasteiger partial charge in [-0.25, -0.2) is 4.98 Å². The van der Waals surface area contributed by atoms with Crippen LogP contribution in [0.15, 0.2) is 108 Å². The number of hydrogen-bond donors (Lipinski definition) is 1. The minimum absolute atomic E-state index is 0.800. The highest BCUT2D eigenvalue weighted by molar-refractivity contribution is 5.83. The van der Waals surface area contributed by atoms with Crippen LogP contribution >= 0.6 is 0 Å². The van der Waals surface area contributed by atoms with Gasteiger partial charge < -0.3 is 9.72 Å². The van der Waals surface area contributed by atoms with E-state index in [0.717, 1.165) is 45.2 Å². The van der Waals surface area contributed by atoms with Crippen molar-refractivity contribution in [3.05, 3.63) is 109 Å². The van der Waals surface area contributed by atoms with Gasteiger partial charge in [0, 0.05) is 11.8 Å². The number of nitrogens with zero attached hydrogens (tertiary/aromatic N) is 2. The monoisotopic (exact) mass is 389 g/mol. The smallest absolute Gasteiger partial charge is 0.138 e. The van der Waals surface area contributed by atoms with Gasteiger partial charge in [0.25, 0.3) is 0 Å². The molecule has 5 rings (SSSR count). The Morgan fingerprint density at radius 1 is 0.700 bits per heavy atom. The lowest BCUT2D eigenvalue weighted by atomic mass is 10.2. The predicted octanol–water partition coefficient (Wildman–Crippen LogP) is 6.77. The number of H-pyrrole nitrogens is 1. The number of ether oxygens (including phenoxy) is 1. The van der Waals surface area contributed by atoms with Gasteiger partial charge in [-0.05, 0) is 78.4 Å². The van der Waals surface area contributed by atoms with E-state index in [4.69, 9.17) is 4.74 Å². The maximum Gasteiger partial charge on any atom is 0.138 e. The molecule has 4 aromatic carbocycles. The average Bonchev–Trinajstić information content (AvgIpc) is 3.24. The van der Waals surface area contributed by atoms with Gasteiger partial charge in [0.05, 0.1) is 16.7 Å². The second kappa shape index (κ2) is 8.05. The van der Waals surface area contributed by atoms with Crippen molar-refractivity contribution in [2.24, 2.45) is 4.99 Å². The van der Waals surface area contributed by atoms with Crippen LogP contribution in [0.5, 0.6) is 11.5 Å². The van der Waals surface area contributed by atoms with Crippen LogP contribution in [0.25, 0.3) is 22.4 Å². The Kier molecular flexibility index (Phi) is 4.80. The van der Waals surface area contributed by atoms with Crippen molar-refractivity contribution in [3.8, 4) is 22.9 Å². The number of fused-ring (bicyclic) bond motifs is 1. The molecule has 30 heavy (non-hydrogen) atoms. The Morgan fingerprint density at radius 3 is 2.17 bits per heavy atom. The van der Waals surface area contributed by atoms with Gasteiger partial charge in [-0.15, -0.1) is 0 Å². The number of benzene rings is 4. The molecule has 0 amide bonds. The molecule has 0 saturated carbocycles. The van der Waals surface area contributed by atoms with Crippen LogP contribution in [0.3, 0.4) is 0 Å². The van der Waals surface area contributed by atoms with Crippen LogP contribution in [-0.2, 0) is 0 Å².